The van der Waals surface area contributed by atoms with Gasteiger partial charge in [0.1, 0.15) is 12.5 Å². The molecule has 4 aromatic rings. The van der Waals surface area contributed by atoms with Crippen molar-refractivity contribution in [3.63, 3.8) is 0 Å². The molecule has 0 amide bonds. The van der Waals surface area contributed by atoms with Gasteiger partial charge in [-0.3, -0.25) is 4.98 Å². The van der Waals surface area contributed by atoms with Gasteiger partial charge in [-0.05, 0) is 87.4 Å². The van der Waals surface area contributed by atoms with E-state index < -0.39 is 17.9 Å². The molecule has 216 valence electrons. The number of benzene rings is 1. The lowest BCUT2D eigenvalue weighted by molar-refractivity contribution is -0.152. The van der Waals surface area contributed by atoms with Gasteiger partial charge in [-0.15, -0.1) is 11.3 Å². The molecule has 3 aromatic heterocycles. The van der Waals surface area contributed by atoms with Crippen LogP contribution >= 0.6 is 22.9 Å². The molecule has 0 bridgehead atoms. The highest BCUT2D eigenvalue weighted by molar-refractivity contribution is 7.19. The Balaban J connectivity index is 1.35. The van der Waals surface area contributed by atoms with Crippen molar-refractivity contribution in [1.29, 1.82) is 5.26 Å². The molecule has 0 radical (unpaired) electrons. The highest BCUT2D eigenvalue weighted by Crippen LogP contribution is 2.41. The Morgan fingerprint density at radius 1 is 1.15 bits per heavy atom. The lowest BCUT2D eigenvalue weighted by Gasteiger charge is -2.40. The molecule has 5 heterocycles. The fraction of sp³-hybridized carbons (Fsp3) is 0.500. The van der Waals surface area contributed by atoms with E-state index in [1.54, 1.807) is 11.3 Å². The third-order valence-corrected chi connectivity index (χ3v) is 10.2. The summed E-state index contributed by atoms with van der Waals surface area (Å²) in [5.41, 5.74) is 3.63. The first-order valence-electron chi connectivity index (χ1n) is 14.7. The van der Waals surface area contributed by atoms with Crippen molar-refractivity contribution in [2.24, 2.45) is 17.3 Å². The number of aliphatic hydroxyl groups is 2. The number of piperidine rings is 2. The van der Waals surface area contributed by atoms with Crippen molar-refractivity contribution >= 4 is 44.1 Å². The minimum atomic E-state index is -0.668. The van der Waals surface area contributed by atoms with Crippen LogP contribution in [0.4, 0.5) is 0 Å². The third-order valence-electron chi connectivity index (χ3n) is 8.85. The first-order valence-corrected chi connectivity index (χ1v) is 15.8. The van der Waals surface area contributed by atoms with E-state index in [-0.39, 0.29) is 0 Å². The fourth-order valence-corrected chi connectivity index (χ4v) is 8.25. The number of halogens is 1. The van der Waals surface area contributed by atoms with Gasteiger partial charge >= 0.3 is 0 Å². The van der Waals surface area contributed by atoms with Crippen LogP contribution in [-0.4, -0.2) is 50.2 Å². The molecule has 0 spiro atoms. The molecule has 2 saturated heterocycles. The molecule has 0 aliphatic carbocycles. The molecule has 6 rings (SSSR count). The van der Waals surface area contributed by atoms with E-state index in [2.05, 4.69) is 53.1 Å². The van der Waals surface area contributed by atoms with Crippen LogP contribution in [-0.2, 0) is 13.1 Å². The summed E-state index contributed by atoms with van der Waals surface area (Å²) in [4.78, 5) is 7.53. The van der Waals surface area contributed by atoms with Crippen molar-refractivity contribution in [3.05, 3.63) is 52.6 Å². The SMILES string of the molecule is CC(C)CC1CC(O)N(Cc2cc3nccc(-c4cc(Cl)cc5ccn(CC6(C#N)CCNCC6)c45)c3s2)C(O)C1. The fourth-order valence-electron chi connectivity index (χ4n) is 6.88. The molecule has 2 unspecified atom stereocenters. The molecule has 2 atom stereocenters. The molecule has 1 aromatic carbocycles. The van der Waals surface area contributed by atoms with Gasteiger partial charge in [-0.2, -0.15) is 5.26 Å². The lowest BCUT2D eigenvalue weighted by Crippen LogP contribution is -2.48. The van der Waals surface area contributed by atoms with E-state index in [0.29, 0.717) is 42.8 Å². The van der Waals surface area contributed by atoms with Crippen LogP contribution in [0.25, 0.3) is 32.2 Å². The number of thiophene rings is 1. The Labute approximate surface area is 250 Å². The van der Waals surface area contributed by atoms with Gasteiger partial charge in [0.15, 0.2) is 0 Å². The van der Waals surface area contributed by atoms with E-state index in [1.165, 1.54) is 0 Å². The highest BCUT2D eigenvalue weighted by Gasteiger charge is 2.35. The van der Waals surface area contributed by atoms with E-state index in [9.17, 15) is 15.5 Å². The average molecular weight is 592 g/mol. The first-order chi connectivity index (χ1) is 19.7. The summed E-state index contributed by atoms with van der Waals surface area (Å²) in [6.45, 7) is 7.19. The maximum absolute atomic E-state index is 10.9. The van der Waals surface area contributed by atoms with Crippen molar-refractivity contribution in [1.82, 2.24) is 19.8 Å². The number of nitrogens with zero attached hydrogens (tertiary/aromatic N) is 4. The molecule has 2 fully saturated rings. The molecule has 41 heavy (non-hydrogen) atoms. The number of pyridine rings is 1. The standard InChI is InChI=1S/C32H38ClN5O2S/c1-20(2)11-21-12-28(39)38(29(40)13-21)17-24-16-27-31(41-24)25(3-7-36-27)26-15-23(33)14-22-4-10-37(30(22)26)19-32(18-34)5-8-35-9-6-32/h3-4,7,10,14-16,20-21,28-29,35,39-40H,5-6,8-9,11-13,17,19H2,1-2H3. The van der Waals surface area contributed by atoms with Crippen LogP contribution in [0.1, 0.15) is 50.8 Å². The summed E-state index contributed by atoms with van der Waals surface area (Å²) < 4.78 is 3.28. The molecule has 2 aliphatic rings. The summed E-state index contributed by atoms with van der Waals surface area (Å²) in [5.74, 6) is 0.876. The second kappa shape index (κ2) is 11.6. The zero-order chi connectivity index (χ0) is 28.7. The van der Waals surface area contributed by atoms with Gasteiger partial charge in [0.25, 0.3) is 0 Å². The number of nitrogens with one attached hydrogen (secondary N) is 1. The van der Waals surface area contributed by atoms with Gasteiger partial charge < -0.3 is 20.1 Å². The maximum Gasteiger partial charge on any atom is 0.109 e. The predicted molar refractivity (Wildman–Crippen MR) is 165 cm³/mol. The van der Waals surface area contributed by atoms with E-state index >= 15 is 0 Å². The number of nitriles is 1. The monoisotopic (exact) mass is 591 g/mol. The van der Waals surface area contributed by atoms with E-state index in [4.69, 9.17) is 11.6 Å². The minimum Gasteiger partial charge on any atom is -0.378 e. The van der Waals surface area contributed by atoms with Crippen LogP contribution in [0.2, 0.25) is 5.02 Å². The Kier molecular flexibility index (Phi) is 8.12. The van der Waals surface area contributed by atoms with Gasteiger partial charge in [-0.1, -0.05) is 25.4 Å². The molecular formula is C32H38ClN5O2S. The van der Waals surface area contributed by atoms with Gasteiger partial charge in [0.05, 0.1) is 27.2 Å². The predicted octanol–water partition coefficient (Wildman–Crippen LogP) is 6.36. The van der Waals surface area contributed by atoms with Gasteiger partial charge in [0, 0.05) is 51.9 Å². The van der Waals surface area contributed by atoms with E-state index in [1.807, 2.05) is 29.3 Å². The number of hydrogen-bond donors (Lipinski definition) is 3. The zero-order valence-electron chi connectivity index (χ0n) is 23.7. The molecule has 2 aliphatic heterocycles. The summed E-state index contributed by atoms with van der Waals surface area (Å²) >= 11 is 8.30. The van der Waals surface area contributed by atoms with Crippen LogP contribution in [0.5, 0.6) is 0 Å². The molecule has 7 nitrogen and oxygen atoms in total. The Morgan fingerprint density at radius 3 is 2.61 bits per heavy atom. The Bertz CT molecular complexity index is 1570. The number of fused-ring (bicyclic) bond motifs is 2. The summed E-state index contributed by atoms with van der Waals surface area (Å²) in [5, 5.41) is 37.1. The molecular weight excluding hydrogens is 554 g/mol. The summed E-state index contributed by atoms with van der Waals surface area (Å²) in [7, 11) is 0. The number of rotatable bonds is 7. The molecule has 3 N–H and O–H groups in total. The van der Waals surface area contributed by atoms with Crippen molar-refractivity contribution in [2.45, 2.75) is 71.5 Å². The van der Waals surface area contributed by atoms with E-state index in [0.717, 1.165) is 69.5 Å². The Morgan fingerprint density at radius 2 is 1.90 bits per heavy atom. The van der Waals surface area contributed by atoms with Crippen molar-refractivity contribution in [2.75, 3.05) is 13.1 Å². The normalized spacial score (nSPS) is 23.4. The first kappa shape index (κ1) is 28.6. The highest BCUT2D eigenvalue weighted by atomic mass is 35.5. The quantitative estimate of drug-likeness (QED) is 0.231. The van der Waals surface area contributed by atoms with Gasteiger partial charge in [-0.25, -0.2) is 4.90 Å². The minimum absolute atomic E-state index is 0.332. The second-order valence-corrected chi connectivity index (χ2v) is 13.9. The number of aliphatic hydroxyl groups excluding tert-OH is 2. The Hall–Kier alpha value is -2.51. The second-order valence-electron chi connectivity index (χ2n) is 12.4. The van der Waals surface area contributed by atoms with Crippen molar-refractivity contribution in [3.8, 4) is 17.2 Å². The summed E-state index contributed by atoms with van der Waals surface area (Å²) in [6.07, 6.45) is 6.60. The lowest BCUT2D eigenvalue weighted by atomic mass is 9.80. The van der Waals surface area contributed by atoms with Crippen LogP contribution in [0, 0.1) is 28.6 Å². The number of aromatic nitrogens is 2. The van der Waals surface area contributed by atoms with Crippen LogP contribution in [0.15, 0.2) is 42.7 Å². The van der Waals surface area contributed by atoms with Crippen molar-refractivity contribution < 1.29 is 10.2 Å². The van der Waals surface area contributed by atoms with Crippen LogP contribution in [0.3, 0.4) is 0 Å². The maximum atomic E-state index is 10.9. The zero-order valence-corrected chi connectivity index (χ0v) is 25.3. The molecule has 9 heteroatoms. The number of likely N-dealkylation sites (tertiary alicyclic amines) is 1. The molecule has 0 saturated carbocycles. The number of hydrogen-bond acceptors (Lipinski definition) is 7. The van der Waals surface area contributed by atoms with Crippen LogP contribution < -0.4 is 5.32 Å². The van der Waals surface area contributed by atoms with Gasteiger partial charge in [0.2, 0.25) is 0 Å². The topological polar surface area (TPSA) is 97.3 Å². The largest absolute Gasteiger partial charge is 0.378 e. The average Bonchev–Trinajstić information content (AvgIpc) is 3.54. The smallest absolute Gasteiger partial charge is 0.109 e. The third kappa shape index (κ3) is 5.77. The summed E-state index contributed by atoms with van der Waals surface area (Å²) in [6, 6.07) is 12.8.